The quantitative estimate of drug-likeness (QED) is 0.727. The molecule has 1 aromatic heterocycles. The highest BCUT2D eigenvalue weighted by Gasteiger charge is 2.16. The second-order valence-corrected chi connectivity index (χ2v) is 4.45. The van der Waals surface area contributed by atoms with Gasteiger partial charge >= 0.3 is 0 Å². The Hall–Kier alpha value is -1.21. The number of rotatable bonds is 3. The monoisotopic (exact) mass is 218 g/mol. The molecule has 1 rings (SSSR count). The van der Waals surface area contributed by atoms with E-state index in [1.807, 2.05) is 0 Å². The molecule has 0 bridgehead atoms. The molecule has 14 heavy (non-hydrogen) atoms. The lowest BCUT2D eigenvalue weighted by atomic mass is 10.4. The van der Waals surface area contributed by atoms with Crippen LogP contribution in [0.3, 0.4) is 0 Å². The molecule has 0 saturated carbocycles. The summed E-state index contributed by atoms with van der Waals surface area (Å²) in [6, 6.07) is 0. The predicted molar refractivity (Wildman–Crippen MR) is 53.2 cm³/mol. The van der Waals surface area contributed by atoms with Crippen molar-refractivity contribution in [2.45, 2.75) is 6.52 Å². The number of nitrogens with zero attached hydrogens (tertiary/aromatic N) is 3. The Balaban J connectivity index is 3.31. The van der Waals surface area contributed by atoms with E-state index in [1.54, 1.807) is 0 Å². The second kappa shape index (κ2) is 3.89. The Morgan fingerprint density at radius 2 is 2.29 bits per heavy atom. The summed E-state index contributed by atoms with van der Waals surface area (Å²) in [4.78, 5) is 7.60. The molecule has 78 valence electrons. The fraction of sp³-hybridized carbons (Fsp3) is 0.429. The van der Waals surface area contributed by atoms with Crippen LogP contribution in [0.15, 0.2) is 12.4 Å². The third-order valence-electron chi connectivity index (χ3n) is 1.50. The summed E-state index contributed by atoms with van der Waals surface area (Å²) in [5.74, 6) is -0.0671. The molecule has 0 spiro atoms. The highest BCUT2D eigenvalue weighted by Crippen LogP contribution is 2.14. The van der Waals surface area contributed by atoms with E-state index < -0.39 is 23.6 Å². The molecule has 1 unspecified atom stereocenters. The van der Waals surface area contributed by atoms with Gasteiger partial charge in [-0.3, -0.25) is 9.29 Å². The van der Waals surface area contributed by atoms with Crippen molar-refractivity contribution in [3.63, 3.8) is 0 Å². The molecule has 1 atom stereocenters. The Morgan fingerprint density at radius 1 is 1.64 bits per heavy atom. The molecule has 0 aromatic carbocycles. The average molecular weight is 218 g/mol. The summed E-state index contributed by atoms with van der Waals surface area (Å²) < 4.78 is 38.0. The maximum Gasteiger partial charge on any atom is 0.233 e. The molecule has 0 aliphatic carbocycles. The number of hydrogen-bond donors (Lipinski definition) is 1. The van der Waals surface area contributed by atoms with Gasteiger partial charge in [0.05, 0.1) is 11.9 Å². The third kappa shape index (κ3) is 2.18. The third-order valence-corrected chi connectivity index (χ3v) is 2.47. The molecule has 1 heterocycles. The van der Waals surface area contributed by atoms with Crippen molar-refractivity contribution in [3.8, 4) is 0 Å². The molecule has 0 aliphatic rings. The molecular formula is C7H12N4O2S. The molecule has 0 amide bonds. The van der Waals surface area contributed by atoms with Crippen molar-refractivity contribution in [1.29, 1.82) is 0 Å². The Morgan fingerprint density at radius 3 is 2.79 bits per heavy atom. The van der Waals surface area contributed by atoms with Gasteiger partial charge in [0.1, 0.15) is 0 Å². The van der Waals surface area contributed by atoms with Crippen molar-refractivity contribution in [3.05, 3.63) is 18.1 Å². The van der Waals surface area contributed by atoms with E-state index in [-0.39, 0.29) is 11.5 Å². The number of anilines is 1. The van der Waals surface area contributed by atoms with Gasteiger partial charge in [0.25, 0.3) is 0 Å². The number of hydrogen-bond acceptors (Lipinski definition) is 5. The van der Waals surface area contributed by atoms with Crippen molar-refractivity contribution < 1.29 is 11.2 Å². The van der Waals surface area contributed by atoms with E-state index in [0.717, 1.165) is 10.6 Å². The summed E-state index contributed by atoms with van der Waals surface area (Å²) in [5, 5.41) is 0. The Labute approximate surface area is 85.6 Å². The second-order valence-electron chi connectivity index (χ2n) is 2.54. The summed E-state index contributed by atoms with van der Waals surface area (Å²) in [7, 11) is -4.15. The normalized spacial score (nSPS) is 15.6. The Bertz CT molecular complexity index is 465. The van der Waals surface area contributed by atoms with Gasteiger partial charge in [-0.05, 0) is 0 Å². The first kappa shape index (κ1) is 8.13. The molecule has 1 aromatic rings. The van der Waals surface area contributed by atoms with Gasteiger partial charge in [0.15, 0.2) is 5.82 Å². The molecule has 0 saturated heterocycles. The smallest absolute Gasteiger partial charge is 0.233 e. The van der Waals surface area contributed by atoms with E-state index >= 15 is 0 Å². The minimum absolute atomic E-state index is 0.0279. The van der Waals surface area contributed by atoms with Crippen LogP contribution in [0.5, 0.6) is 0 Å². The lowest BCUT2D eigenvalue weighted by Gasteiger charge is -2.16. The fourth-order valence-corrected chi connectivity index (χ4v) is 1.26. The zero-order valence-corrected chi connectivity index (χ0v) is 8.40. The van der Waals surface area contributed by atoms with Crippen LogP contribution in [-0.4, -0.2) is 31.7 Å². The molecule has 7 heteroatoms. The first-order chi connectivity index (χ1) is 7.38. The topological polar surface area (TPSA) is 89.2 Å². The van der Waals surface area contributed by atoms with Crippen LogP contribution in [-0.2, 0) is 16.5 Å². The zero-order chi connectivity index (χ0) is 12.3. The number of aromatic nitrogens is 2. The number of nitrogens with two attached hydrogens (primary N) is 1. The predicted octanol–water partition coefficient (Wildman–Crippen LogP) is -0.669. The van der Waals surface area contributed by atoms with Crippen LogP contribution in [0.1, 0.15) is 8.44 Å². The first-order valence-corrected chi connectivity index (χ1v) is 5.48. The van der Waals surface area contributed by atoms with Gasteiger partial charge in [0, 0.05) is 28.7 Å². The SMILES string of the molecule is [2H]CN(c1nccnc1C([2H])N)S(C)(=O)=O. The van der Waals surface area contributed by atoms with Gasteiger partial charge in [-0.2, -0.15) is 0 Å². The lowest BCUT2D eigenvalue weighted by molar-refractivity contribution is 0.599. The minimum atomic E-state index is -3.62. The molecule has 0 radical (unpaired) electrons. The van der Waals surface area contributed by atoms with Gasteiger partial charge in [-0.1, -0.05) is 0 Å². The number of sulfonamides is 1. The van der Waals surface area contributed by atoms with Crippen LogP contribution in [0, 0.1) is 0 Å². The highest BCUT2D eigenvalue weighted by atomic mass is 32.2. The van der Waals surface area contributed by atoms with E-state index in [0.29, 0.717) is 0 Å². The van der Waals surface area contributed by atoms with Crippen LogP contribution in [0.25, 0.3) is 0 Å². The van der Waals surface area contributed by atoms with Gasteiger partial charge < -0.3 is 5.73 Å². The van der Waals surface area contributed by atoms with Gasteiger partial charge in [0.2, 0.25) is 10.0 Å². The maximum absolute atomic E-state index is 11.4. The zero-order valence-electron chi connectivity index (χ0n) is 9.58. The lowest BCUT2D eigenvalue weighted by Crippen LogP contribution is -2.27. The van der Waals surface area contributed by atoms with Crippen LogP contribution < -0.4 is 10.0 Å². The fourth-order valence-electron chi connectivity index (χ4n) is 0.808. The van der Waals surface area contributed by atoms with E-state index in [9.17, 15) is 8.42 Å². The van der Waals surface area contributed by atoms with E-state index in [4.69, 9.17) is 8.48 Å². The first-order valence-electron chi connectivity index (χ1n) is 4.92. The van der Waals surface area contributed by atoms with Crippen LogP contribution >= 0.6 is 0 Å². The highest BCUT2D eigenvalue weighted by molar-refractivity contribution is 7.92. The van der Waals surface area contributed by atoms with E-state index in [1.165, 1.54) is 12.4 Å². The summed E-state index contributed by atoms with van der Waals surface area (Å²) in [6.07, 6.45) is 3.56. The minimum Gasteiger partial charge on any atom is -0.325 e. The van der Waals surface area contributed by atoms with Crippen molar-refractivity contribution in [2.75, 3.05) is 17.6 Å². The molecule has 0 fully saturated rings. The van der Waals surface area contributed by atoms with Crippen molar-refractivity contribution >= 4 is 15.8 Å². The summed E-state index contributed by atoms with van der Waals surface area (Å²) in [6.45, 7) is -1.19. The van der Waals surface area contributed by atoms with Crippen molar-refractivity contribution in [1.82, 2.24) is 9.97 Å². The molecular weight excluding hydrogens is 204 g/mol. The van der Waals surface area contributed by atoms with Crippen LogP contribution in [0.4, 0.5) is 5.82 Å². The van der Waals surface area contributed by atoms with Gasteiger partial charge in [-0.15, -0.1) is 0 Å². The van der Waals surface area contributed by atoms with E-state index in [2.05, 4.69) is 9.97 Å². The molecule has 2 N–H and O–H groups in total. The molecule has 6 nitrogen and oxygen atoms in total. The maximum atomic E-state index is 11.4. The van der Waals surface area contributed by atoms with Crippen molar-refractivity contribution in [2.24, 2.45) is 5.73 Å². The van der Waals surface area contributed by atoms with Gasteiger partial charge in [-0.25, -0.2) is 13.4 Å². The largest absolute Gasteiger partial charge is 0.325 e. The standard InChI is InChI=1S/C7H12N4O2S/c1-11(14(2,12)13)7-6(5-8)9-3-4-10-7/h3-4H,5,8H2,1-2H3/i1D,5D. The summed E-state index contributed by atoms with van der Waals surface area (Å²) >= 11 is 0. The van der Waals surface area contributed by atoms with Crippen LogP contribution in [0.2, 0.25) is 0 Å². The average Bonchev–Trinajstić information content (AvgIpc) is 2.17. The Kier molecular flexibility index (Phi) is 2.26. The summed E-state index contributed by atoms with van der Waals surface area (Å²) in [5.41, 5.74) is 5.36. The molecule has 0 aliphatic heterocycles.